The first-order valence-corrected chi connectivity index (χ1v) is 7.64. The van der Waals surface area contributed by atoms with Gasteiger partial charge >= 0.3 is 12.2 Å². The molecule has 0 aliphatic carbocycles. The molecule has 0 bridgehead atoms. The van der Waals surface area contributed by atoms with Gasteiger partial charge in [-0.1, -0.05) is 24.3 Å². The van der Waals surface area contributed by atoms with Crippen molar-refractivity contribution in [2.45, 2.75) is 58.7 Å². The molecule has 0 unspecified atom stereocenters. The van der Waals surface area contributed by atoms with Crippen LogP contribution in [0.5, 0.6) is 0 Å². The molecule has 0 radical (unpaired) electrons. The molecule has 1 aromatic rings. The molecule has 0 saturated carbocycles. The van der Waals surface area contributed by atoms with Crippen LogP contribution in [-0.4, -0.2) is 28.9 Å². The van der Waals surface area contributed by atoms with Crippen LogP contribution in [-0.2, 0) is 11.2 Å². The zero-order chi connectivity index (χ0) is 17.6. The zero-order valence-corrected chi connectivity index (χ0v) is 14.3. The van der Waals surface area contributed by atoms with Crippen LogP contribution < -0.4 is 10.6 Å². The highest BCUT2D eigenvalue weighted by atomic mass is 16.6. The average Bonchev–Trinajstić information content (AvgIpc) is 2.35. The minimum absolute atomic E-state index is 0.183. The molecule has 0 aromatic heterocycles. The minimum atomic E-state index is -1.03. The van der Waals surface area contributed by atoms with Crippen LogP contribution in [0.15, 0.2) is 24.3 Å². The third kappa shape index (κ3) is 7.54. The number of carbonyl (C=O) groups is 2. The third-order valence-electron chi connectivity index (χ3n) is 3.10. The van der Waals surface area contributed by atoms with Crippen LogP contribution >= 0.6 is 0 Å². The number of benzene rings is 1. The molecule has 1 rings (SSSR count). The first-order valence-electron chi connectivity index (χ1n) is 7.64. The van der Waals surface area contributed by atoms with Gasteiger partial charge in [0.1, 0.15) is 5.60 Å². The Morgan fingerprint density at radius 2 is 1.87 bits per heavy atom. The Balaban J connectivity index is 2.68. The van der Waals surface area contributed by atoms with Crippen LogP contribution in [0.2, 0.25) is 0 Å². The molecule has 2 atom stereocenters. The molecule has 6 nitrogen and oxygen atoms in total. The topological polar surface area (TPSA) is 87.7 Å². The van der Waals surface area contributed by atoms with Crippen molar-refractivity contribution in [3.8, 4) is 0 Å². The van der Waals surface area contributed by atoms with Crippen LogP contribution in [0, 0.1) is 0 Å². The van der Waals surface area contributed by atoms with Crippen molar-refractivity contribution in [1.82, 2.24) is 10.6 Å². The Morgan fingerprint density at radius 1 is 1.22 bits per heavy atom. The highest BCUT2D eigenvalue weighted by Gasteiger charge is 2.18. The SMILES string of the molecule is C[C@H](NC(=O)OC(C)(C)C)c1cccc(C[C@H](C)NC(=O)O)c1. The first-order chi connectivity index (χ1) is 10.6. The number of rotatable bonds is 5. The average molecular weight is 322 g/mol. The van der Waals surface area contributed by atoms with Crippen molar-refractivity contribution in [2.24, 2.45) is 0 Å². The van der Waals surface area contributed by atoms with Crippen molar-refractivity contribution in [2.75, 3.05) is 0 Å². The molecule has 6 heteroatoms. The van der Waals surface area contributed by atoms with E-state index in [1.165, 1.54) is 0 Å². The highest BCUT2D eigenvalue weighted by Crippen LogP contribution is 2.16. The summed E-state index contributed by atoms with van der Waals surface area (Å²) < 4.78 is 5.24. The number of carboxylic acid groups (broad SMARTS) is 1. The number of alkyl carbamates (subject to hydrolysis) is 1. The number of hydrogen-bond acceptors (Lipinski definition) is 3. The Kier molecular flexibility index (Phi) is 6.42. The van der Waals surface area contributed by atoms with Crippen molar-refractivity contribution < 1.29 is 19.4 Å². The lowest BCUT2D eigenvalue weighted by atomic mass is 10.0. The molecular weight excluding hydrogens is 296 g/mol. The van der Waals surface area contributed by atoms with Crippen LogP contribution in [0.4, 0.5) is 9.59 Å². The Labute approximate surface area is 137 Å². The summed E-state index contributed by atoms with van der Waals surface area (Å²) >= 11 is 0. The van der Waals surface area contributed by atoms with Crippen molar-refractivity contribution in [3.05, 3.63) is 35.4 Å². The summed E-state index contributed by atoms with van der Waals surface area (Å²) in [4.78, 5) is 22.5. The summed E-state index contributed by atoms with van der Waals surface area (Å²) in [6.45, 7) is 9.13. The van der Waals surface area contributed by atoms with Crippen molar-refractivity contribution >= 4 is 12.2 Å². The van der Waals surface area contributed by atoms with E-state index < -0.39 is 17.8 Å². The van der Waals surface area contributed by atoms with E-state index in [0.717, 1.165) is 11.1 Å². The van der Waals surface area contributed by atoms with E-state index in [4.69, 9.17) is 9.84 Å². The summed E-state index contributed by atoms with van der Waals surface area (Å²) in [6, 6.07) is 7.32. The monoisotopic (exact) mass is 322 g/mol. The van der Waals surface area contributed by atoms with Gasteiger partial charge in [-0.2, -0.15) is 0 Å². The predicted octanol–water partition coefficient (Wildman–Crippen LogP) is 3.47. The Morgan fingerprint density at radius 3 is 2.43 bits per heavy atom. The fraction of sp³-hybridized carbons (Fsp3) is 0.529. The van der Waals surface area contributed by atoms with Gasteiger partial charge in [-0.25, -0.2) is 9.59 Å². The number of ether oxygens (including phenoxy) is 1. The minimum Gasteiger partial charge on any atom is -0.465 e. The number of nitrogens with one attached hydrogen (secondary N) is 2. The summed E-state index contributed by atoms with van der Waals surface area (Å²) in [5.41, 5.74) is 1.40. The van der Waals surface area contributed by atoms with Gasteiger partial charge in [0.25, 0.3) is 0 Å². The maximum absolute atomic E-state index is 11.8. The second-order valence-corrected chi connectivity index (χ2v) is 6.67. The molecule has 0 fully saturated rings. The summed E-state index contributed by atoms with van der Waals surface area (Å²) in [7, 11) is 0. The van der Waals surface area contributed by atoms with Gasteiger partial charge in [0.2, 0.25) is 0 Å². The zero-order valence-electron chi connectivity index (χ0n) is 14.3. The number of carbonyl (C=O) groups excluding carboxylic acids is 1. The Hall–Kier alpha value is -2.24. The first kappa shape index (κ1) is 18.8. The van der Waals surface area contributed by atoms with E-state index in [9.17, 15) is 9.59 Å². The molecule has 0 aliphatic rings. The van der Waals surface area contributed by atoms with Gasteiger partial charge in [0.15, 0.2) is 0 Å². The van der Waals surface area contributed by atoms with E-state index in [-0.39, 0.29) is 12.1 Å². The molecule has 23 heavy (non-hydrogen) atoms. The maximum Gasteiger partial charge on any atom is 0.408 e. The summed E-state index contributed by atoms with van der Waals surface area (Å²) in [6.07, 6.45) is -0.913. The second kappa shape index (κ2) is 7.85. The molecule has 1 aromatic carbocycles. The largest absolute Gasteiger partial charge is 0.465 e. The lowest BCUT2D eigenvalue weighted by Gasteiger charge is -2.22. The lowest BCUT2D eigenvalue weighted by molar-refractivity contribution is 0.0508. The molecule has 0 heterocycles. The van der Waals surface area contributed by atoms with Crippen molar-refractivity contribution in [1.29, 1.82) is 0 Å². The molecule has 0 aliphatic heterocycles. The van der Waals surface area contributed by atoms with Gasteiger partial charge in [-0.15, -0.1) is 0 Å². The van der Waals surface area contributed by atoms with Gasteiger partial charge in [0.05, 0.1) is 6.04 Å². The number of amides is 2. The maximum atomic E-state index is 11.8. The van der Waals surface area contributed by atoms with E-state index in [0.29, 0.717) is 6.42 Å². The highest BCUT2D eigenvalue weighted by molar-refractivity contribution is 5.68. The van der Waals surface area contributed by atoms with Crippen LogP contribution in [0.3, 0.4) is 0 Å². The second-order valence-electron chi connectivity index (χ2n) is 6.67. The van der Waals surface area contributed by atoms with Crippen LogP contribution in [0.1, 0.15) is 51.8 Å². The van der Waals surface area contributed by atoms with Gasteiger partial charge in [0, 0.05) is 6.04 Å². The molecule has 0 saturated heterocycles. The Bertz CT molecular complexity index is 552. The van der Waals surface area contributed by atoms with Crippen LogP contribution in [0.25, 0.3) is 0 Å². The predicted molar refractivity (Wildman–Crippen MR) is 88.6 cm³/mol. The summed E-state index contributed by atoms with van der Waals surface area (Å²) in [5, 5.41) is 13.9. The van der Waals surface area contributed by atoms with E-state index >= 15 is 0 Å². The van der Waals surface area contributed by atoms with Gasteiger partial charge in [-0.05, 0) is 52.2 Å². The third-order valence-corrected chi connectivity index (χ3v) is 3.10. The fourth-order valence-electron chi connectivity index (χ4n) is 2.17. The van der Waals surface area contributed by atoms with E-state index in [2.05, 4.69) is 10.6 Å². The fourth-order valence-corrected chi connectivity index (χ4v) is 2.17. The molecule has 128 valence electrons. The number of hydrogen-bond donors (Lipinski definition) is 3. The molecule has 2 amide bonds. The standard InChI is InChI=1S/C17H26N2O4/c1-11(18-15(20)21)9-13-7-6-8-14(10-13)12(2)19-16(22)23-17(3,4)5/h6-8,10-12,18H,9H2,1-5H3,(H,19,22)(H,20,21)/t11-,12-/m0/s1. The van der Waals surface area contributed by atoms with E-state index in [1.807, 2.05) is 58.9 Å². The van der Waals surface area contributed by atoms with Gasteiger partial charge in [-0.3, -0.25) is 0 Å². The quantitative estimate of drug-likeness (QED) is 0.774. The lowest BCUT2D eigenvalue weighted by Crippen LogP contribution is -2.34. The molecule has 3 N–H and O–H groups in total. The van der Waals surface area contributed by atoms with Crippen molar-refractivity contribution in [3.63, 3.8) is 0 Å². The summed E-state index contributed by atoms with van der Waals surface area (Å²) in [5.74, 6) is 0. The molecule has 0 spiro atoms. The van der Waals surface area contributed by atoms with E-state index in [1.54, 1.807) is 0 Å². The van der Waals surface area contributed by atoms with Gasteiger partial charge < -0.3 is 20.5 Å². The smallest absolute Gasteiger partial charge is 0.408 e. The normalized spacial score (nSPS) is 13.8. The molecular formula is C17H26N2O4.